The summed E-state index contributed by atoms with van der Waals surface area (Å²) in [7, 11) is 0. The van der Waals surface area contributed by atoms with Crippen molar-refractivity contribution in [1.82, 2.24) is 4.98 Å². The lowest BCUT2D eigenvalue weighted by atomic mass is 10.1. The molecular formula is C8H11NO2S. The summed E-state index contributed by atoms with van der Waals surface area (Å²) in [6.07, 6.45) is 2.76. The molecule has 2 heterocycles. The topological polar surface area (TPSA) is 46.3 Å². The first-order chi connectivity index (χ1) is 5.90. The minimum Gasteiger partial charge on any atom is -0.443 e. The van der Waals surface area contributed by atoms with Crippen LogP contribution >= 0.6 is 11.8 Å². The highest BCUT2D eigenvalue weighted by Crippen LogP contribution is 2.31. The van der Waals surface area contributed by atoms with Crippen molar-refractivity contribution in [3.8, 4) is 0 Å². The average Bonchev–Trinajstić information content (AvgIpc) is 2.75. The molecule has 12 heavy (non-hydrogen) atoms. The fraction of sp³-hybridized carbons (Fsp3) is 0.625. The van der Waals surface area contributed by atoms with Gasteiger partial charge in [-0.3, -0.25) is 0 Å². The van der Waals surface area contributed by atoms with Crippen LogP contribution in [0.15, 0.2) is 10.6 Å². The lowest BCUT2D eigenvalue weighted by Gasteiger charge is -2.00. The predicted molar refractivity (Wildman–Crippen MR) is 47.1 cm³/mol. The highest BCUT2D eigenvalue weighted by atomic mass is 32.2. The lowest BCUT2D eigenvalue weighted by molar-refractivity contribution is 0.241. The SMILES string of the molecule is OCc1cnc(C2CCSC2)o1. The van der Waals surface area contributed by atoms with E-state index < -0.39 is 0 Å². The van der Waals surface area contributed by atoms with Gasteiger partial charge in [-0.25, -0.2) is 4.98 Å². The van der Waals surface area contributed by atoms with E-state index in [1.54, 1.807) is 6.20 Å². The van der Waals surface area contributed by atoms with E-state index in [0.29, 0.717) is 11.7 Å². The predicted octanol–water partition coefficient (Wildman–Crippen LogP) is 1.39. The van der Waals surface area contributed by atoms with Gasteiger partial charge in [-0.1, -0.05) is 0 Å². The minimum absolute atomic E-state index is 0.0487. The summed E-state index contributed by atoms with van der Waals surface area (Å²) in [6, 6.07) is 0. The molecule has 0 saturated carbocycles. The van der Waals surface area contributed by atoms with Gasteiger partial charge in [0.2, 0.25) is 0 Å². The van der Waals surface area contributed by atoms with Crippen LogP contribution in [0.2, 0.25) is 0 Å². The molecule has 3 nitrogen and oxygen atoms in total. The molecule has 1 aliphatic heterocycles. The highest BCUT2D eigenvalue weighted by molar-refractivity contribution is 7.99. The van der Waals surface area contributed by atoms with E-state index in [4.69, 9.17) is 9.52 Å². The Morgan fingerprint density at radius 2 is 2.67 bits per heavy atom. The molecule has 1 aromatic heterocycles. The standard InChI is InChI=1S/C8H11NO2S/c10-4-7-3-9-8(11-7)6-1-2-12-5-6/h3,6,10H,1-2,4-5H2. The monoisotopic (exact) mass is 185 g/mol. The lowest BCUT2D eigenvalue weighted by Crippen LogP contribution is -1.95. The first-order valence-electron chi connectivity index (χ1n) is 4.03. The van der Waals surface area contributed by atoms with Crippen LogP contribution in [0.5, 0.6) is 0 Å². The van der Waals surface area contributed by atoms with Crippen molar-refractivity contribution in [2.24, 2.45) is 0 Å². The van der Waals surface area contributed by atoms with Crippen LogP contribution in [0.25, 0.3) is 0 Å². The van der Waals surface area contributed by atoms with Crippen LogP contribution in [0.1, 0.15) is 24.0 Å². The minimum atomic E-state index is -0.0487. The fourth-order valence-electron chi connectivity index (χ4n) is 1.31. The van der Waals surface area contributed by atoms with Gasteiger partial charge in [0.1, 0.15) is 12.4 Å². The van der Waals surface area contributed by atoms with Crippen molar-refractivity contribution >= 4 is 11.8 Å². The van der Waals surface area contributed by atoms with Crippen LogP contribution in [-0.2, 0) is 6.61 Å². The van der Waals surface area contributed by atoms with E-state index in [1.807, 2.05) is 11.8 Å². The fourth-order valence-corrected chi connectivity index (χ4v) is 2.53. The van der Waals surface area contributed by atoms with Gasteiger partial charge in [0, 0.05) is 11.7 Å². The first-order valence-corrected chi connectivity index (χ1v) is 5.19. The summed E-state index contributed by atoms with van der Waals surface area (Å²) >= 11 is 1.93. The Hall–Kier alpha value is -0.480. The molecule has 2 rings (SSSR count). The summed E-state index contributed by atoms with van der Waals surface area (Å²) in [5, 5.41) is 8.75. The molecule has 0 spiro atoms. The number of aromatic nitrogens is 1. The maximum atomic E-state index is 8.75. The summed E-state index contributed by atoms with van der Waals surface area (Å²) in [5.41, 5.74) is 0. The van der Waals surface area contributed by atoms with Gasteiger partial charge in [-0.15, -0.1) is 0 Å². The van der Waals surface area contributed by atoms with Crippen molar-refractivity contribution in [1.29, 1.82) is 0 Å². The van der Waals surface area contributed by atoms with E-state index >= 15 is 0 Å². The third kappa shape index (κ3) is 1.49. The van der Waals surface area contributed by atoms with Gasteiger partial charge >= 0.3 is 0 Å². The number of rotatable bonds is 2. The third-order valence-corrected chi connectivity index (χ3v) is 3.17. The molecular weight excluding hydrogens is 174 g/mol. The van der Waals surface area contributed by atoms with Crippen LogP contribution in [0, 0.1) is 0 Å². The molecule has 1 unspecified atom stereocenters. The molecule has 0 aromatic carbocycles. The molecule has 0 bridgehead atoms. The molecule has 1 N–H and O–H groups in total. The van der Waals surface area contributed by atoms with E-state index in [-0.39, 0.29) is 6.61 Å². The Morgan fingerprint density at radius 1 is 1.75 bits per heavy atom. The average molecular weight is 185 g/mol. The number of thioether (sulfide) groups is 1. The molecule has 4 heteroatoms. The van der Waals surface area contributed by atoms with E-state index in [1.165, 1.54) is 5.75 Å². The second kappa shape index (κ2) is 3.49. The molecule has 0 radical (unpaired) electrons. The third-order valence-electron chi connectivity index (χ3n) is 2.01. The quantitative estimate of drug-likeness (QED) is 0.756. The van der Waals surface area contributed by atoms with Crippen LogP contribution in [0.3, 0.4) is 0 Å². The Morgan fingerprint density at radius 3 is 3.25 bits per heavy atom. The molecule has 1 aliphatic rings. The summed E-state index contributed by atoms with van der Waals surface area (Å²) < 4.78 is 5.34. The van der Waals surface area contributed by atoms with Crippen LogP contribution < -0.4 is 0 Å². The second-order valence-electron chi connectivity index (χ2n) is 2.88. The summed E-state index contributed by atoms with van der Waals surface area (Å²) in [4.78, 5) is 4.13. The Kier molecular flexibility index (Phi) is 2.37. The molecule has 1 saturated heterocycles. The van der Waals surface area contributed by atoms with Crippen molar-refractivity contribution in [2.45, 2.75) is 18.9 Å². The van der Waals surface area contributed by atoms with Gasteiger partial charge in [-0.2, -0.15) is 11.8 Å². The zero-order valence-corrected chi connectivity index (χ0v) is 7.51. The van der Waals surface area contributed by atoms with Crippen LogP contribution in [-0.4, -0.2) is 21.6 Å². The van der Waals surface area contributed by atoms with Gasteiger partial charge in [0.15, 0.2) is 5.89 Å². The molecule has 66 valence electrons. The van der Waals surface area contributed by atoms with E-state index in [0.717, 1.165) is 18.1 Å². The van der Waals surface area contributed by atoms with Gasteiger partial charge < -0.3 is 9.52 Å². The van der Waals surface area contributed by atoms with Crippen molar-refractivity contribution in [2.75, 3.05) is 11.5 Å². The second-order valence-corrected chi connectivity index (χ2v) is 4.03. The largest absolute Gasteiger partial charge is 0.443 e. The zero-order valence-electron chi connectivity index (χ0n) is 6.69. The smallest absolute Gasteiger partial charge is 0.198 e. The van der Waals surface area contributed by atoms with E-state index in [9.17, 15) is 0 Å². The first kappa shape index (κ1) is 8.13. The number of aliphatic hydroxyl groups excluding tert-OH is 1. The summed E-state index contributed by atoms with van der Waals surface area (Å²) in [6.45, 7) is -0.0487. The molecule has 0 aliphatic carbocycles. The van der Waals surface area contributed by atoms with Gasteiger partial charge in [-0.05, 0) is 12.2 Å². The Balaban J connectivity index is 2.11. The van der Waals surface area contributed by atoms with Crippen molar-refractivity contribution in [3.63, 3.8) is 0 Å². The van der Waals surface area contributed by atoms with E-state index in [2.05, 4.69) is 4.98 Å². The van der Waals surface area contributed by atoms with Crippen molar-refractivity contribution in [3.05, 3.63) is 17.8 Å². The van der Waals surface area contributed by atoms with Crippen molar-refractivity contribution < 1.29 is 9.52 Å². The number of oxazole rings is 1. The number of nitrogens with zero attached hydrogens (tertiary/aromatic N) is 1. The number of hydrogen-bond donors (Lipinski definition) is 1. The van der Waals surface area contributed by atoms with Gasteiger partial charge in [0.05, 0.1) is 6.20 Å². The molecule has 1 atom stereocenters. The molecule has 1 aromatic rings. The highest BCUT2D eigenvalue weighted by Gasteiger charge is 2.21. The number of hydrogen-bond acceptors (Lipinski definition) is 4. The summed E-state index contributed by atoms with van der Waals surface area (Å²) in [5.74, 6) is 4.13. The maximum Gasteiger partial charge on any atom is 0.198 e. The van der Waals surface area contributed by atoms with Gasteiger partial charge in [0.25, 0.3) is 0 Å². The Bertz CT molecular complexity index is 255. The van der Waals surface area contributed by atoms with Crippen LogP contribution in [0.4, 0.5) is 0 Å². The number of aliphatic hydroxyl groups is 1. The maximum absolute atomic E-state index is 8.75. The zero-order chi connectivity index (χ0) is 8.39. The molecule has 1 fully saturated rings. The Labute approximate surface area is 75.2 Å². The molecule has 0 amide bonds. The normalized spacial score (nSPS) is 23.2.